The molecule has 0 atom stereocenters. The average Bonchev–Trinajstić information content (AvgIpc) is 2.24. The van der Waals surface area contributed by atoms with Crippen LogP contribution in [0.2, 0.25) is 0 Å². The number of rotatable bonds is 7. The second kappa shape index (κ2) is 8.76. The molecule has 0 unspecified atom stereocenters. The molecule has 0 radical (unpaired) electrons. The maximum atomic E-state index is 11.3. The molecule has 0 heterocycles. The number of hydrogen-bond donors (Lipinski definition) is 2. The minimum Gasteiger partial charge on any atom is -0.389 e. The van der Waals surface area contributed by atoms with Gasteiger partial charge in [-0.05, 0) is 33.6 Å². The van der Waals surface area contributed by atoms with Crippen molar-refractivity contribution in [3.8, 4) is 0 Å². The molecule has 0 aromatic heterocycles. The Morgan fingerprint density at radius 1 is 1.24 bits per heavy atom. The topological polar surface area (TPSA) is 49.3 Å². The molecule has 0 bridgehead atoms. The van der Waals surface area contributed by atoms with E-state index in [1.54, 1.807) is 19.9 Å². The second-order valence-electron chi connectivity index (χ2n) is 4.46. The highest BCUT2D eigenvalue weighted by atomic mass is 16.3. The molecule has 2 N–H and O–H groups in total. The number of hydrogen-bond acceptors (Lipinski definition) is 2. The molecule has 0 aliphatic carbocycles. The normalized spacial score (nSPS) is 12.9. The van der Waals surface area contributed by atoms with Gasteiger partial charge in [-0.1, -0.05) is 30.4 Å². The molecule has 0 rings (SSSR count). The van der Waals surface area contributed by atoms with Gasteiger partial charge in [0, 0.05) is 12.6 Å². The van der Waals surface area contributed by atoms with Crippen molar-refractivity contribution in [3.63, 3.8) is 0 Å². The van der Waals surface area contributed by atoms with Crippen LogP contribution in [0.3, 0.4) is 0 Å². The predicted octanol–water partition coefficient (Wildman–Crippen LogP) is 2.34. The quantitative estimate of drug-likeness (QED) is 0.309. The fourth-order valence-electron chi connectivity index (χ4n) is 1.04. The van der Waals surface area contributed by atoms with Crippen molar-refractivity contribution in [3.05, 3.63) is 36.5 Å². The lowest BCUT2D eigenvalue weighted by molar-refractivity contribution is -0.117. The third-order valence-electron chi connectivity index (χ3n) is 1.93. The van der Waals surface area contributed by atoms with Gasteiger partial charge in [-0.15, -0.1) is 0 Å². The molecule has 0 fully saturated rings. The minimum absolute atomic E-state index is 0.190. The van der Waals surface area contributed by atoms with Gasteiger partial charge in [0.05, 0.1) is 5.60 Å². The molecule has 17 heavy (non-hydrogen) atoms. The number of carbonyl (C=O) groups is 1. The Balaban J connectivity index is 3.73. The summed E-state index contributed by atoms with van der Waals surface area (Å²) in [5, 5.41) is 12.0. The first-order valence-electron chi connectivity index (χ1n) is 5.90. The fourth-order valence-corrected chi connectivity index (χ4v) is 1.04. The first kappa shape index (κ1) is 15.7. The van der Waals surface area contributed by atoms with Gasteiger partial charge in [-0.25, -0.2) is 0 Å². The zero-order chi connectivity index (χ0) is 13.1. The fraction of sp³-hybridized carbons (Fsp3) is 0.500. The number of allylic oxidation sites excluding steroid dienone is 5. The molecule has 0 spiro atoms. The summed E-state index contributed by atoms with van der Waals surface area (Å²) in [7, 11) is 0. The maximum Gasteiger partial charge on any atom is 0.244 e. The summed E-state index contributed by atoms with van der Waals surface area (Å²) >= 11 is 0. The molecular weight excluding hydrogens is 214 g/mol. The molecule has 3 heteroatoms. The molecule has 3 nitrogen and oxygen atoms in total. The Morgan fingerprint density at radius 2 is 1.88 bits per heavy atom. The van der Waals surface area contributed by atoms with Crippen LogP contribution in [-0.4, -0.2) is 23.2 Å². The van der Waals surface area contributed by atoms with Crippen LogP contribution in [0.15, 0.2) is 36.5 Å². The van der Waals surface area contributed by atoms with Gasteiger partial charge in [0.1, 0.15) is 0 Å². The van der Waals surface area contributed by atoms with Gasteiger partial charge >= 0.3 is 0 Å². The summed E-state index contributed by atoms with van der Waals surface area (Å²) in [5.41, 5.74) is -0.869. The van der Waals surface area contributed by atoms with Crippen molar-refractivity contribution in [2.24, 2.45) is 0 Å². The van der Waals surface area contributed by atoms with E-state index >= 15 is 0 Å². The molecule has 1 amide bonds. The molecule has 0 aromatic carbocycles. The van der Waals surface area contributed by atoms with E-state index in [2.05, 4.69) is 11.4 Å². The molecule has 0 saturated heterocycles. The van der Waals surface area contributed by atoms with Crippen LogP contribution in [-0.2, 0) is 4.79 Å². The Morgan fingerprint density at radius 3 is 2.47 bits per heavy atom. The second-order valence-corrected chi connectivity index (χ2v) is 4.46. The molecule has 0 aliphatic heterocycles. The monoisotopic (exact) mass is 237 g/mol. The largest absolute Gasteiger partial charge is 0.389 e. The lowest BCUT2D eigenvalue weighted by atomic mass is 10.1. The van der Waals surface area contributed by atoms with E-state index in [9.17, 15) is 9.90 Å². The highest BCUT2D eigenvalue weighted by molar-refractivity contribution is 5.87. The Labute approximate surface area is 104 Å². The number of unbranched alkanes of at least 4 members (excludes halogenated alkanes) is 1. The van der Waals surface area contributed by atoms with E-state index in [0.29, 0.717) is 0 Å². The first-order chi connectivity index (χ1) is 7.95. The van der Waals surface area contributed by atoms with Crippen LogP contribution < -0.4 is 5.32 Å². The van der Waals surface area contributed by atoms with Crippen molar-refractivity contribution in [1.82, 2.24) is 5.32 Å². The Kier molecular flexibility index (Phi) is 8.07. The van der Waals surface area contributed by atoms with E-state index in [1.165, 1.54) is 6.08 Å². The van der Waals surface area contributed by atoms with Gasteiger partial charge in [-0.3, -0.25) is 4.79 Å². The third-order valence-corrected chi connectivity index (χ3v) is 1.93. The van der Waals surface area contributed by atoms with Gasteiger partial charge in [0.25, 0.3) is 0 Å². The van der Waals surface area contributed by atoms with E-state index in [4.69, 9.17) is 0 Å². The van der Waals surface area contributed by atoms with Gasteiger partial charge in [0.15, 0.2) is 0 Å². The summed E-state index contributed by atoms with van der Waals surface area (Å²) < 4.78 is 0. The van der Waals surface area contributed by atoms with E-state index in [1.807, 2.05) is 25.2 Å². The zero-order valence-corrected chi connectivity index (χ0v) is 10.9. The lowest BCUT2D eigenvalue weighted by Crippen LogP contribution is -2.37. The van der Waals surface area contributed by atoms with Crippen LogP contribution in [0.4, 0.5) is 0 Å². The SMILES string of the molecule is C/C=C\CC/C=C\C=C\C(=O)NCC(C)(C)O. The summed E-state index contributed by atoms with van der Waals surface area (Å²) in [6, 6.07) is 0. The summed E-state index contributed by atoms with van der Waals surface area (Å²) in [5.74, 6) is -0.190. The highest BCUT2D eigenvalue weighted by Crippen LogP contribution is 1.97. The van der Waals surface area contributed by atoms with Gasteiger partial charge in [-0.2, -0.15) is 0 Å². The number of nitrogens with one attached hydrogen (secondary N) is 1. The first-order valence-corrected chi connectivity index (χ1v) is 5.90. The minimum atomic E-state index is -0.869. The Hall–Kier alpha value is -1.35. The number of carbonyl (C=O) groups excluding carboxylic acids is 1. The summed E-state index contributed by atoms with van der Waals surface area (Å²) in [4.78, 5) is 11.3. The van der Waals surface area contributed by atoms with Crippen molar-refractivity contribution in [1.29, 1.82) is 0 Å². The van der Waals surface area contributed by atoms with Crippen molar-refractivity contribution in [2.45, 2.75) is 39.2 Å². The van der Waals surface area contributed by atoms with Gasteiger partial charge < -0.3 is 10.4 Å². The predicted molar refractivity (Wildman–Crippen MR) is 71.6 cm³/mol. The molecular formula is C14H23NO2. The van der Waals surface area contributed by atoms with E-state index in [-0.39, 0.29) is 12.5 Å². The van der Waals surface area contributed by atoms with Crippen LogP contribution in [0.25, 0.3) is 0 Å². The summed E-state index contributed by atoms with van der Waals surface area (Å²) in [6.45, 7) is 5.55. The average molecular weight is 237 g/mol. The van der Waals surface area contributed by atoms with Crippen LogP contribution in [0.5, 0.6) is 0 Å². The number of amides is 1. The van der Waals surface area contributed by atoms with Crippen LogP contribution >= 0.6 is 0 Å². The van der Waals surface area contributed by atoms with Gasteiger partial charge in [0.2, 0.25) is 5.91 Å². The third kappa shape index (κ3) is 12.6. The standard InChI is InChI=1S/C14H23NO2/c1-4-5-6-7-8-9-10-11-13(16)15-12-14(2,3)17/h4-5,8-11,17H,6-7,12H2,1-3H3,(H,15,16)/b5-4-,9-8-,11-10+. The van der Waals surface area contributed by atoms with Crippen LogP contribution in [0, 0.1) is 0 Å². The van der Waals surface area contributed by atoms with Crippen molar-refractivity contribution < 1.29 is 9.90 Å². The number of aliphatic hydroxyl groups is 1. The summed E-state index contributed by atoms with van der Waals surface area (Å²) in [6.07, 6.45) is 13.1. The highest BCUT2D eigenvalue weighted by Gasteiger charge is 2.12. The van der Waals surface area contributed by atoms with Crippen LogP contribution in [0.1, 0.15) is 33.6 Å². The van der Waals surface area contributed by atoms with E-state index in [0.717, 1.165) is 12.8 Å². The maximum absolute atomic E-state index is 11.3. The zero-order valence-electron chi connectivity index (χ0n) is 10.9. The smallest absolute Gasteiger partial charge is 0.244 e. The van der Waals surface area contributed by atoms with Crippen molar-refractivity contribution in [2.75, 3.05) is 6.54 Å². The molecule has 0 aliphatic rings. The Bertz CT molecular complexity index is 296. The lowest BCUT2D eigenvalue weighted by Gasteiger charge is -2.16. The molecule has 0 aromatic rings. The van der Waals surface area contributed by atoms with Crippen molar-refractivity contribution >= 4 is 5.91 Å². The van der Waals surface area contributed by atoms with E-state index < -0.39 is 5.60 Å². The molecule has 0 saturated carbocycles. The molecule has 96 valence electrons.